The van der Waals surface area contributed by atoms with E-state index in [0.717, 1.165) is 5.56 Å². The Morgan fingerprint density at radius 2 is 2.00 bits per heavy atom. The third-order valence-electron chi connectivity index (χ3n) is 4.10. The maximum atomic E-state index is 12.3. The zero-order valence-electron chi connectivity index (χ0n) is 12.9. The fourth-order valence-corrected chi connectivity index (χ4v) is 2.77. The number of benzene rings is 1. The zero-order chi connectivity index (χ0) is 16.9. The van der Waals surface area contributed by atoms with Gasteiger partial charge in [-0.2, -0.15) is 0 Å². The van der Waals surface area contributed by atoms with Gasteiger partial charge >= 0.3 is 12.1 Å². The minimum atomic E-state index is -1.55. The number of rotatable bonds is 6. The minimum Gasteiger partial charge on any atom is -0.480 e. The Morgan fingerprint density at radius 3 is 2.57 bits per heavy atom. The van der Waals surface area contributed by atoms with Gasteiger partial charge in [0.2, 0.25) is 0 Å². The summed E-state index contributed by atoms with van der Waals surface area (Å²) >= 11 is 0. The maximum Gasteiger partial charge on any atom is 0.407 e. The number of aliphatic carboxylic acids is 1. The summed E-state index contributed by atoms with van der Waals surface area (Å²) in [4.78, 5) is 37.0. The SMILES string of the molecule is CN1CCC[C@]1(C(=O)O)C(=O)CNC(=O)OCc1ccccc1. The van der Waals surface area contributed by atoms with Gasteiger partial charge in [-0.1, -0.05) is 30.3 Å². The maximum absolute atomic E-state index is 12.3. The number of nitrogens with zero attached hydrogens (tertiary/aromatic N) is 1. The topological polar surface area (TPSA) is 95.9 Å². The second-order valence-electron chi connectivity index (χ2n) is 5.53. The van der Waals surface area contributed by atoms with Gasteiger partial charge in [-0.3, -0.25) is 9.69 Å². The molecular formula is C16H20N2O5. The zero-order valence-corrected chi connectivity index (χ0v) is 12.9. The van der Waals surface area contributed by atoms with E-state index in [1.807, 2.05) is 30.3 Å². The van der Waals surface area contributed by atoms with E-state index in [0.29, 0.717) is 13.0 Å². The standard InChI is InChI=1S/C16H20N2O5/c1-18-9-5-8-16(18,14(20)21)13(19)10-17-15(22)23-11-12-6-3-2-4-7-12/h2-4,6-7H,5,8-11H2,1H3,(H,17,22)(H,20,21)/t16-/m1/s1. The lowest BCUT2D eigenvalue weighted by Gasteiger charge is -2.30. The number of carboxylic acids is 1. The Kier molecular flexibility index (Phi) is 5.33. The molecule has 2 rings (SSSR count). The molecule has 0 bridgehead atoms. The Bertz CT molecular complexity index is 589. The number of likely N-dealkylation sites (N-methyl/N-ethyl adjacent to an activating group) is 1. The molecule has 7 nitrogen and oxygen atoms in total. The van der Waals surface area contributed by atoms with Gasteiger partial charge in [-0.25, -0.2) is 9.59 Å². The summed E-state index contributed by atoms with van der Waals surface area (Å²) < 4.78 is 5.00. The van der Waals surface area contributed by atoms with E-state index >= 15 is 0 Å². The van der Waals surface area contributed by atoms with Crippen LogP contribution in [0, 0.1) is 0 Å². The monoisotopic (exact) mass is 320 g/mol. The predicted molar refractivity (Wildman–Crippen MR) is 81.9 cm³/mol. The minimum absolute atomic E-state index is 0.0881. The van der Waals surface area contributed by atoms with Crippen LogP contribution < -0.4 is 5.32 Å². The van der Waals surface area contributed by atoms with Crippen LogP contribution in [0.25, 0.3) is 0 Å². The van der Waals surface area contributed by atoms with Crippen molar-refractivity contribution >= 4 is 17.8 Å². The van der Waals surface area contributed by atoms with E-state index in [1.165, 1.54) is 4.90 Å². The van der Waals surface area contributed by atoms with Crippen molar-refractivity contribution in [3.63, 3.8) is 0 Å². The molecule has 1 heterocycles. The lowest BCUT2D eigenvalue weighted by molar-refractivity contribution is -0.154. The number of carbonyl (C=O) groups excluding carboxylic acids is 2. The van der Waals surface area contributed by atoms with Gasteiger partial charge in [0.15, 0.2) is 11.3 Å². The second-order valence-corrected chi connectivity index (χ2v) is 5.53. The number of alkyl carbamates (subject to hydrolysis) is 1. The van der Waals surface area contributed by atoms with Crippen LogP contribution in [0.1, 0.15) is 18.4 Å². The van der Waals surface area contributed by atoms with Crippen molar-refractivity contribution in [1.29, 1.82) is 0 Å². The Hall–Kier alpha value is -2.41. The lowest BCUT2D eigenvalue weighted by atomic mass is 9.91. The molecule has 0 radical (unpaired) electrons. The van der Waals surface area contributed by atoms with Gasteiger partial charge in [0.25, 0.3) is 0 Å². The number of hydrogen-bond acceptors (Lipinski definition) is 5. The first-order chi connectivity index (χ1) is 11.0. The summed E-state index contributed by atoms with van der Waals surface area (Å²) in [6.07, 6.45) is 0.134. The Labute approximate surface area is 134 Å². The van der Waals surface area contributed by atoms with Gasteiger partial charge in [0, 0.05) is 0 Å². The molecule has 7 heteroatoms. The molecule has 0 saturated carbocycles. The fraction of sp³-hybridized carbons (Fsp3) is 0.438. The molecule has 1 atom stereocenters. The molecule has 1 amide bonds. The van der Waals surface area contributed by atoms with E-state index in [9.17, 15) is 19.5 Å². The summed E-state index contributed by atoms with van der Waals surface area (Å²) in [5.74, 6) is -1.72. The van der Waals surface area contributed by atoms with Crippen molar-refractivity contribution in [2.24, 2.45) is 0 Å². The van der Waals surface area contributed by atoms with E-state index in [1.54, 1.807) is 7.05 Å². The van der Waals surface area contributed by atoms with Gasteiger partial charge in [0.05, 0.1) is 6.54 Å². The first-order valence-electron chi connectivity index (χ1n) is 7.39. The third-order valence-corrected chi connectivity index (χ3v) is 4.10. The van der Waals surface area contributed by atoms with Crippen LogP contribution in [0.2, 0.25) is 0 Å². The molecule has 124 valence electrons. The van der Waals surface area contributed by atoms with Crippen LogP contribution in [0.5, 0.6) is 0 Å². The molecule has 1 aliphatic rings. The first-order valence-corrected chi connectivity index (χ1v) is 7.39. The Morgan fingerprint density at radius 1 is 1.30 bits per heavy atom. The van der Waals surface area contributed by atoms with Crippen LogP contribution in [0.3, 0.4) is 0 Å². The van der Waals surface area contributed by atoms with Crippen LogP contribution in [-0.4, -0.2) is 53.5 Å². The van der Waals surface area contributed by atoms with Crippen molar-refractivity contribution in [3.05, 3.63) is 35.9 Å². The molecule has 2 N–H and O–H groups in total. The molecule has 23 heavy (non-hydrogen) atoms. The quantitative estimate of drug-likeness (QED) is 0.760. The molecule has 1 aliphatic heterocycles. The average molecular weight is 320 g/mol. The highest BCUT2D eigenvalue weighted by Gasteiger charge is 2.51. The molecule has 1 aromatic rings. The second kappa shape index (κ2) is 7.23. The van der Waals surface area contributed by atoms with Crippen molar-refractivity contribution < 1.29 is 24.2 Å². The average Bonchev–Trinajstić information content (AvgIpc) is 2.94. The van der Waals surface area contributed by atoms with E-state index in [4.69, 9.17) is 4.74 Å². The molecule has 1 fully saturated rings. The van der Waals surface area contributed by atoms with E-state index in [-0.39, 0.29) is 19.6 Å². The summed E-state index contributed by atoms with van der Waals surface area (Å²) in [6, 6.07) is 9.13. The van der Waals surface area contributed by atoms with Crippen LogP contribution in [-0.2, 0) is 20.9 Å². The van der Waals surface area contributed by atoms with Gasteiger partial charge in [-0.15, -0.1) is 0 Å². The van der Waals surface area contributed by atoms with Crippen LogP contribution in [0.4, 0.5) is 4.79 Å². The third kappa shape index (κ3) is 3.68. The fourth-order valence-electron chi connectivity index (χ4n) is 2.77. The van der Waals surface area contributed by atoms with Gasteiger partial charge in [-0.05, 0) is 32.0 Å². The summed E-state index contributed by atoms with van der Waals surface area (Å²) in [5.41, 5.74) is -0.723. The first kappa shape index (κ1) is 17.0. The molecule has 0 aromatic heterocycles. The Balaban J connectivity index is 1.86. The molecule has 1 saturated heterocycles. The van der Waals surface area contributed by atoms with Crippen LogP contribution >= 0.6 is 0 Å². The van der Waals surface area contributed by atoms with Gasteiger partial charge in [0.1, 0.15) is 6.61 Å². The van der Waals surface area contributed by atoms with Crippen LogP contribution in [0.15, 0.2) is 30.3 Å². The predicted octanol–water partition coefficient (Wildman–Crippen LogP) is 1.03. The van der Waals surface area contributed by atoms with Crippen molar-refractivity contribution in [2.45, 2.75) is 25.0 Å². The highest BCUT2D eigenvalue weighted by atomic mass is 16.5. The number of nitrogens with one attached hydrogen (secondary N) is 1. The number of amides is 1. The summed E-state index contributed by atoms with van der Waals surface area (Å²) in [5, 5.41) is 11.7. The van der Waals surface area contributed by atoms with Crippen molar-refractivity contribution in [3.8, 4) is 0 Å². The number of ether oxygens (including phenoxy) is 1. The smallest absolute Gasteiger partial charge is 0.407 e. The van der Waals surface area contributed by atoms with Crippen molar-refractivity contribution in [1.82, 2.24) is 10.2 Å². The number of ketones is 1. The van der Waals surface area contributed by atoms with E-state index < -0.39 is 23.4 Å². The van der Waals surface area contributed by atoms with Gasteiger partial charge < -0.3 is 15.2 Å². The number of hydrogen-bond donors (Lipinski definition) is 2. The number of carbonyl (C=O) groups is 3. The summed E-state index contributed by atoms with van der Waals surface area (Å²) in [7, 11) is 1.60. The highest BCUT2D eigenvalue weighted by molar-refractivity contribution is 6.09. The number of carboxylic acid groups (broad SMARTS) is 1. The molecule has 1 aromatic carbocycles. The molecular weight excluding hydrogens is 300 g/mol. The molecule has 0 aliphatic carbocycles. The lowest BCUT2D eigenvalue weighted by Crippen LogP contribution is -2.57. The molecule has 0 unspecified atom stereocenters. The normalized spacial score (nSPS) is 20.9. The largest absolute Gasteiger partial charge is 0.480 e. The molecule has 0 spiro atoms. The summed E-state index contributed by atoms with van der Waals surface area (Å²) in [6.45, 7) is 0.256. The van der Waals surface area contributed by atoms with E-state index in [2.05, 4.69) is 5.32 Å². The number of likely N-dealkylation sites (tertiary alicyclic amines) is 1. The van der Waals surface area contributed by atoms with Crippen molar-refractivity contribution in [2.75, 3.05) is 20.1 Å². The number of Topliss-reactive ketones (excluding diaryl/α,β-unsaturated/α-hetero) is 1. The highest BCUT2D eigenvalue weighted by Crippen LogP contribution is 2.29.